The number of carbonyl (C=O) groups is 3. The molecule has 0 unspecified atom stereocenters. The molecule has 2 aromatic carbocycles. The Kier molecular flexibility index (Phi) is 6.42. The minimum absolute atomic E-state index is 0.110. The molecule has 8 heteroatoms. The van der Waals surface area contributed by atoms with Gasteiger partial charge in [0.1, 0.15) is 5.57 Å². The van der Waals surface area contributed by atoms with E-state index in [1.165, 1.54) is 25.3 Å². The third-order valence-corrected chi connectivity index (χ3v) is 4.86. The molecule has 156 valence electrons. The van der Waals surface area contributed by atoms with E-state index < -0.39 is 17.8 Å². The first-order chi connectivity index (χ1) is 14.3. The molecule has 0 saturated carbocycles. The molecule has 1 aliphatic heterocycles. The number of hydrogen-bond acceptors (Lipinski definition) is 5. The maximum absolute atomic E-state index is 13.1. The second kappa shape index (κ2) is 9.00. The quantitative estimate of drug-likeness (QED) is 0.550. The molecule has 0 radical (unpaired) electrons. The van der Waals surface area contributed by atoms with Gasteiger partial charge in [0.2, 0.25) is 0 Å². The summed E-state index contributed by atoms with van der Waals surface area (Å²) in [6.45, 7) is 3.88. The van der Waals surface area contributed by atoms with E-state index >= 15 is 0 Å². The lowest BCUT2D eigenvalue weighted by Crippen LogP contribution is -2.54. The van der Waals surface area contributed by atoms with Crippen LogP contribution in [-0.4, -0.2) is 31.1 Å². The summed E-state index contributed by atoms with van der Waals surface area (Å²) in [5.74, 6) is -0.646. The van der Waals surface area contributed by atoms with Crippen LogP contribution in [0.2, 0.25) is 5.02 Å². The fourth-order valence-corrected chi connectivity index (χ4v) is 2.98. The lowest BCUT2D eigenvalue weighted by molar-refractivity contribution is -0.122. The van der Waals surface area contributed by atoms with Crippen molar-refractivity contribution >= 4 is 41.2 Å². The first kappa shape index (κ1) is 21.4. The average Bonchev–Trinajstić information content (AvgIpc) is 2.73. The number of halogens is 1. The highest BCUT2D eigenvalue weighted by atomic mass is 35.5. The number of carbonyl (C=O) groups excluding carboxylic acids is 3. The van der Waals surface area contributed by atoms with E-state index in [-0.39, 0.29) is 11.7 Å². The van der Waals surface area contributed by atoms with Crippen LogP contribution < -0.4 is 19.7 Å². The van der Waals surface area contributed by atoms with Crippen LogP contribution in [-0.2, 0) is 9.59 Å². The van der Waals surface area contributed by atoms with Crippen LogP contribution in [0.3, 0.4) is 0 Å². The molecule has 0 spiro atoms. The number of barbiturate groups is 1. The summed E-state index contributed by atoms with van der Waals surface area (Å²) in [5, 5.41) is 2.65. The summed E-state index contributed by atoms with van der Waals surface area (Å²) in [5.41, 5.74) is 0.576. The number of rotatable bonds is 6. The highest BCUT2D eigenvalue weighted by Crippen LogP contribution is 2.34. The van der Waals surface area contributed by atoms with Gasteiger partial charge in [0.15, 0.2) is 11.5 Å². The number of para-hydroxylation sites is 1. The van der Waals surface area contributed by atoms with Gasteiger partial charge < -0.3 is 9.47 Å². The normalized spacial score (nSPS) is 16.5. The zero-order valence-corrected chi connectivity index (χ0v) is 17.5. The second-order valence-corrected chi connectivity index (χ2v) is 7.09. The van der Waals surface area contributed by atoms with Crippen molar-refractivity contribution in [1.29, 1.82) is 0 Å². The van der Waals surface area contributed by atoms with Crippen molar-refractivity contribution in [3.63, 3.8) is 0 Å². The molecule has 30 heavy (non-hydrogen) atoms. The molecular formula is C22H21ClN2O5. The van der Waals surface area contributed by atoms with Gasteiger partial charge in [0.05, 0.1) is 18.9 Å². The molecule has 7 nitrogen and oxygen atoms in total. The Morgan fingerprint density at radius 2 is 1.83 bits per heavy atom. The maximum Gasteiger partial charge on any atom is 0.335 e. The molecule has 1 aliphatic rings. The van der Waals surface area contributed by atoms with Gasteiger partial charge >= 0.3 is 6.03 Å². The molecular weight excluding hydrogens is 408 g/mol. The molecule has 1 N–H and O–H groups in total. The Morgan fingerprint density at radius 3 is 2.47 bits per heavy atom. The lowest BCUT2D eigenvalue weighted by Gasteiger charge is -2.26. The minimum atomic E-state index is -0.828. The zero-order valence-electron chi connectivity index (χ0n) is 16.8. The topological polar surface area (TPSA) is 84.9 Å². The third kappa shape index (κ3) is 4.31. The molecule has 0 aliphatic carbocycles. The number of amides is 4. The summed E-state index contributed by atoms with van der Waals surface area (Å²) in [6.07, 6.45) is 2.04. The van der Waals surface area contributed by atoms with Gasteiger partial charge in [0.25, 0.3) is 11.8 Å². The van der Waals surface area contributed by atoms with E-state index in [1.54, 1.807) is 30.3 Å². The van der Waals surface area contributed by atoms with E-state index in [0.29, 0.717) is 27.8 Å². The molecule has 3 rings (SSSR count). The predicted molar refractivity (Wildman–Crippen MR) is 114 cm³/mol. The maximum atomic E-state index is 13.1. The van der Waals surface area contributed by atoms with Crippen LogP contribution in [0.4, 0.5) is 10.5 Å². The van der Waals surface area contributed by atoms with Crippen LogP contribution in [0.15, 0.2) is 48.0 Å². The number of hydrogen-bond donors (Lipinski definition) is 1. The Balaban J connectivity index is 2.05. The number of methoxy groups -OCH3 is 1. The molecule has 1 atom stereocenters. The van der Waals surface area contributed by atoms with Crippen LogP contribution in [0.25, 0.3) is 6.08 Å². The fourth-order valence-electron chi connectivity index (χ4n) is 2.86. The highest BCUT2D eigenvalue weighted by Gasteiger charge is 2.37. The fraction of sp³-hybridized carbons (Fsp3) is 0.227. The number of imide groups is 2. The summed E-state index contributed by atoms with van der Waals surface area (Å²) in [7, 11) is 1.51. The van der Waals surface area contributed by atoms with Gasteiger partial charge in [0, 0.05) is 10.6 Å². The molecule has 1 heterocycles. The lowest BCUT2D eigenvalue weighted by atomic mass is 10.1. The van der Waals surface area contributed by atoms with E-state index in [2.05, 4.69) is 5.32 Å². The molecule has 2 aromatic rings. The largest absolute Gasteiger partial charge is 0.493 e. The molecule has 4 amide bonds. The third-order valence-electron chi connectivity index (χ3n) is 4.61. The number of anilines is 1. The summed E-state index contributed by atoms with van der Waals surface area (Å²) in [6, 6.07) is 10.5. The van der Waals surface area contributed by atoms with Crippen molar-refractivity contribution in [2.45, 2.75) is 26.4 Å². The van der Waals surface area contributed by atoms with Crippen LogP contribution in [0, 0.1) is 0 Å². The number of benzene rings is 2. The number of urea groups is 1. The van der Waals surface area contributed by atoms with Crippen LogP contribution in [0.1, 0.15) is 25.8 Å². The van der Waals surface area contributed by atoms with Gasteiger partial charge in [-0.05, 0) is 49.8 Å². The van der Waals surface area contributed by atoms with Gasteiger partial charge in [-0.15, -0.1) is 0 Å². The monoisotopic (exact) mass is 428 g/mol. The number of nitrogens with zero attached hydrogens (tertiary/aromatic N) is 1. The average molecular weight is 429 g/mol. The number of ether oxygens (including phenoxy) is 2. The molecule has 1 fully saturated rings. The van der Waals surface area contributed by atoms with Crippen molar-refractivity contribution in [3.8, 4) is 11.5 Å². The first-order valence-corrected chi connectivity index (χ1v) is 9.74. The van der Waals surface area contributed by atoms with Gasteiger partial charge in [-0.2, -0.15) is 0 Å². The van der Waals surface area contributed by atoms with Crippen LogP contribution >= 0.6 is 11.6 Å². The zero-order chi connectivity index (χ0) is 21.8. The Bertz CT molecular complexity index is 1020. The van der Waals surface area contributed by atoms with Crippen LogP contribution in [0.5, 0.6) is 11.5 Å². The van der Waals surface area contributed by atoms with Crippen molar-refractivity contribution in [2.24, 2.45) is 0 Å². The predicted octanol–water partition coefficient (Wildman–Crippen LogP) is 4.19. The van der Waals surface area contributed by atoms with E-state index in [0.717, 1.165) is 11.3 Å². The second-order valence-electron chi connectivity index (χ2n) is 6.65. The highest BCUT2D eigenvalue weighted by molar-refractivity contribution is 6.39. The smallest absolute Gasteiger partial charge is 0.335 e. The summed E-state index contributed by atoms with van der Waals surface area (Å²) < 4.78 is 11.3. The Hall–Kier alpha value is -3.32. The SMILES string of the molecule is CC[C@@H](C)Oc1c(/C=C2\C(=O)NC(=O)N(c3ccc(Cl)cc3)C2=O)cccc1OC. The summed E-state index contributed by atoms with van der Waals surface area (Å²) in [4.78, 5) is 38.7. The first-order valence-electron chi connectivity index (χ1n) is 9.36. The van der Waals surface area contributed by atoms with Crippen molar-refractivity contribution < 1.29 is 23.9 Å². The van der Waals surface area contributed by atoms with E-state index in [9.17, 15) is 14.4 Å². The van der Waals surface area contributed by atoms with Crippen molar-refractivity contribution in [2.75, 3.05) is 12.0 Å². The van der Waals surface area contributed by atoms with Crippen molar-refractivity contribution in [1.82, 2.24) is 5.32 Å². The number of nitrogens with one attached hydrogen (secondary N) is 1. The summed E-state index contributed by atoms with van der Waals surface area (Å²) >= 11 is 5.89. The van der Waals surface area contributed by atoms with Gasteiger partial charge in [-0.25, -0.2) is 9.69 Å². The Morgan fingerprint density at radius 1 is 1.13 bits per heavy atom. The minimum Gasteiger partial charge on any atom is -0.493 e. The van der Waals surface area contributed by atoms with E-state index in [1.807, 2.05) is 13.8 Å². The standard InChI is InChI=1S/C22H21ClN2O5/c1-4-13(2)30-19-14(6-5-7-18(19)29-3)12-17-20(26)24-22(28)25(21(17)27)16-10-8-15(23)9-11-16/h5-13H,4H2,1-3H3,(H,24,26,28)/b17-12+/t13-/m1/s1. The van der Waals surface area contributed by atoms with Gasteiger partial charge in [-0.3, -0.25) is 14.9 Å². The van der Waals surface area contributed by atoms with Gasteiger partial charge in [-0.1, -0.05) is 30.7 Å². The molecule has 0 bridgehead atoms. The molecule has 0 aromatic heterocycles. The van der Waals surface area contributed by atoms with E-state index in [4.69, 9.17) is 21.1 Å². The Labute approximate surface area is 179 Å². The van der Waals surface area contributed by atoms with Crippen molar-refractivity contribution in [3.05, 3.63) is 58.6 Å². The molecule has 1 saturated heterocycles.